The lowest BCUT2D eigenvalue weighted by atomic mass is 10.2. The molecule has 1 N–H and O–H groups in total. The standard InChI is InChI=1S/C12H17FO3Si/c1-5-16-9-6-8(12(14)15)7-10(11(9)13)17(2,3)4/h6-7H,5H2,1-4H3,(H,14,15). The van der Waals surface area contributed by atoms with Gasteiger partial charge in [0.15, 0.2) is 11.6 Å². The number of benzene rings is 1. The fraction of sp³-hybridized carbons (Fsp3) is 0.417. The van der Waals surface area contributed by atoms with Crippen LogP contribution < -0.4 is 9.92 Å². The molecular formula is C12H17FO3Si. The van der Waals surface area contributed by atoms with Crippen LogP contribution in [0.3, 0.4) is 0 Å². The molecule has 0 aliphatic rings. The lowest BCUT2D eigenvalue weighted by molar-refractivity contribution is 0.0696. The zero-order chi connectivity index (χ0) is 13.2. The number of carbonyl (C=O) groups is 1. The molecule has 5 heteroatoms. The summed E-state index contributed by atoms with van der Waals surface area (Å²) in [4.78, 5) is 11.0. The zero-order valence-corrected chi connectivity index (χ0v) is 11.5. The minimum Gasteiger partial charge on any atom is -0.491 e. The molecular weight excluding hydrogens is 239 g/mol. The summed E-state index contributed by atoms with van der Waals surface area (Å²) in [6, 6.07) is 2.66. The predicted octanol–water partition coefficient (Wildman–Crippen LogP) is 2.47. The van der Waals surface area contributed by atoms with Gasteiger partial charge in [-0.2, -0.15) is 0 Å². The third kappa shape index (κ3) is 3.06. The first-order chi connectivity index (χ1) is 7.77. The van der Waals surface area contributed by atoms with Gasteiger partial charge in [-0.15, -0.1) is 0 Å². The van der Waals surface area contributed by atoms with Gasteiger partial charge in [0.2, 0.25) is 0 Å². The fourth-order valence-electron chi connectivity index (χ4n) is 1.53. The van der Waals surface area contributed by atoms with Crippen molar-refractivity contribution in [1.82, 2.24) is 0 Å². The number of aromatic carboxylic acids is 1. The molecule has 3 nitrogen and oxygen atoms in total. The Morgan fingerprint density at radius 3 is 2.41 bits per heavy atom. The van der Waals surface area contributed by atoms with E-state index < -0.39 is 19.9 Å². The lowest BCUT2D eigenvalue weighted by Crippen LogP contribution is -2.40. The number of ether oxygens (including phenoxy) is 1. The van der Waals surface area contributed by atoms with Crippen molar-refractivity contribution in [2.24, 2.45) is 0 Å². The summed E-state index contributed by atoms with van der Waals surface area (Å²) in [7, 11) is -1.93. The van der Waals surface area contributed by atoms with Crippen LogP contribution in [0.1, 0.15) is 17.3 Å². The van der Waals surface area contributed by atoms with E-state index >= 15 is 0 Å². The summed E-state index contributed by atoms with van der Waals surface area (Å²) in [5.74, 6) is -1.45. The van der Waals surface area contributed by atoms with Crippen molar-refractivity contribution < 1.29 is 19.0 Å². The average Bonchev–Trinajstić information content (AvgIpc) is 2.19. The van der Waals surface area contributed by atoms with E-state index in [4.69, 9.17) is 9.84 Å². The number of carboxylic acid groups (broad SMARTS) is 1. The van der Waals surface area contributed by atoms with Gasteiger partial charge in [-0.25, -0.2) is 9.18 Å². The Morgan fingerprint density at radius 2 is 2.00 bits per heavy atom. The molecule has 0 aromatic heterocycles. The first-order valence-electron chi connectivity index (χ1n) is 5.47. The Morgan fingerprint density at radius 1 is 1.41 bits per heavy atom. The quantitative estimate of drug-likeness (QED) is 0.842. The van der Waals surface area contributed by atoms with Crippen LogP contribution in [0.2, 0.25) is 19.6 Å². The molecule has 0 spiro atoms. The monoisotopic (exact) mass is 256 g/mol. The SMILES string of the molecule is CCOc1cc(C(=O)O)cc([Si](C)(C)C)c1F. The van der Waals surface area contributed by atoms with Crippen LogP contribution in [-0.4, -0.2) is 25.8 Å². The van der Waals surface area contributed by atoms with Crippen molar-refractivity contribution in [2.75, 3.05) is 6.61 Å². The Balaban J connectivity index is 3.43. The van der Waals surface area contributed by atoms with E-state index in [-0.39, 0.29) is 11.3 Å². The normalized spacial score (nSPS) is 11.4. The van der Waals surface area contributed by atoms with Gasteiger partial charge in [0, 0.05) is 0 Å². The molecule has 0 amide bonds. The smallest absolute Gasteiger partial charge is 0.335 e. The topological polar surface area (TPSA) is 46.5 Å². The molecule has 0 unspecified atom stereocenters. The van der Waals surface area contributed by atoms with E-state index in [1.54, 1.807) is 6.92 Å². The van der Waals surface area contributed by atoms with E-state index in [0.717, 1.165) is 0 Å². The minimum absolute atomic E-state index is 0.0322. The van der Waals surface area contributed by atoms with E-state index in [0.29, 0.717) is 11.8 Å². The molecule has 0 bridgehead atoms. The van der Waals surface area contributed by atoms with Gasteiger partial charge in [-0.3, -0.25) is 0 Å². The molecule has 0 saturated carbocycles. The number of hydrogen-bond acceptors (Lipinski definition) is 2. The van der Waals surface area contributed by atoms with Crippen LogP contribution in [-0.2, 0) is 0 Å². The molecule has 0 fully saturated rings. The van der Waals surface area contributed by atoms with Crippen LogP contribution in [0.15, 0.2) is 12.1 Å². The molecule has 0 heterocycles. The third-order valence-electron chi connectivity index (χ3n) is 2.39. The second-order valence-corrected chi connectivity index (χ2v) is 9.86. The molecule has 1 aromatic carbocycles. The highest BCUT2D eigenvalue weighted by molar-refractivity contribution is 6.88. The zero-order valence-electron chi connectivity index (χ0n) is 10.5. The molecule has 0 aliphatic carbocycles. The van der Waals surface area contributed by atoms with Crippen molar-refractivity contribution in [3.63, 3.8) is 0 Å². The number of hydrogen-bond donors (Lipinski definition) is 1. The van der Waals surface area contributed by atoms with Gasteiger partial charge in [0.25, 0.3) is 0 Å². The van der Waals surface area contributed by atoms with E-state index in [1.807, 2.05) is 19.6 Å². The highest BCUT2D eigenvalue weighted by atomic mass is 28.3. The maximum Gasteiger partial charge on any atom is 0.335 e. The first kappa shape index (κ1) is 13.7. The van der Waals surface area contributed by atoms with Gasteiger partial charge in [0.1, 0.15) is 0 Å². The molecule has 0 atom stereocenters. The molecule has 0 saturated heterocycles. The summed E-state index contributed by atoms with van der Waals surface area (Å²) in [6.07, 6.45) is 0. The fourth-order valence-corrected chi connectivity index (χ4v) is 2.90. The summed E-state index contributed by atoms with van der Waals surface area (Å²) < 4.78 is 19.3. The number of halogens is 1. The maximum atomic E-state index is 14.1. The molecule has 1 rings (SSSR count). The van der Waals surface area contributed by atoms with Gasteiger partial charge in [-0.1, -0.05) is 19.6 Å². The van der Waals surface area contributed by atoms with Crippen molar-refractivity contribution in [3.8, 4) is 5.75 Å². The van der Waals surface area contributed by atoms with Crippen molar-refractivity contribution in [3.05, 3.63) is 23.5 Å². The highest BCUT2D eigenvalue weighted by Gasteiger charge is 2.25. The summed E-state index contributed by atoms with van der Waals surface area (Å²) >= 11 is 0. The van der Waals surface area contributed by atoms with Crippen molar-refractivity contribution >= 4 is 19.2 Å². The van der Waals surface area contributed by atoms with E-state index in [2.05, 4.69) is 0 Å². The van der Waals surface area contributed by atoms with Crippen LogP contribution in [0.5, 0.6) is 5.75 Å². The Hall–Kier alpha value is -1.36. The third-order valence-corrected chi connectivity index (χ3v) is 4.37. The second-order valence-electron chi connectivity index (χ2n) is 4.82. The summed E-state index contributed by atoms with van der Waals surface area (Å²) in [6.45, 7) is 7.94. The Bertz CT molecular complexity index is 438. The average molecular weight is 256 g/mol. The van der Waals surface area contributed by atoms with Gasteiger partial charge in [0.05, 0.1) is 20.2 Å². The molecule has 94 valence electrons. The molecule has 0 radical (unpaired) electrons. The predicted molar refractivity (Wildman–Crippen MR) is 67.5 cm³/mol. The molecule has 17 heavy (non-hydrogen) atoms. The molecule has 1 aromatic rings. The lowest BCUT2D eigenvalue weighted by Gasteiger charge is -2.20. The maximum absolute atomic E-state index is 14.1. The summed E-state index contributed by atoms with van der Waals surface area (Å²) in [5, 5.41) is 9.48. The van der Waals surface area contributed by atoms with E-state index in [9.17, 15) is 9.18 Å². The van der Waals surface area contributed by atoms with Crippen molar-refractivity contribution in [2.45, 2.75) is 26.6 Å². The van der Waals surface area contributed by atoms with Gasteiger partial charge < -0.3 is 9.84 Å². The van der Waals surface area contributed by atoms with E-state index in [1.165, 1.54) is 12.1 Å². The molecule has 0 aliphatic heterocycles. The van der Waals surface area contributed by atoms with Crippen LogP contribution in [0.25, 0.3) is 0 Å². The minimum atomic E-state index is -1.93. The Kier molecular flexibility index (Phi) is 3.93. The second kappa shape index (κ2) is 4.87. The van der Waals surface area contributed by atoms with Crippen LogP contribution >= 0.6 is 0 Å². The van der Waals surface area contributed by atoms with Gasteiger partial charge in [-0.05, 0) is 24.2 Å². The first-order valence-corrected chi connectivity index (χ1v) is 8.97. The van der Waals surface area contributed by atoms with Crippen LogP contribution in [0.4, 0.5) is 4.39 Å². The van der Waals surface area contributed by atoms with Crippen molar-refractivity contribution in [1.29, 1.82) is 0 Å². The highest BCUT2D eigenvalue weighted by Crippen LogP contribution is 2.20. The van der Waals surface area contributed by atoms with Gasteiger partial charge >= 0.3 is 5.97 Å². The van der Waals surface area contributed by atoms with Crippen LogP contribution in [0, 0.1) is 5.82 Å². The Labute approximate surface area is 101 Å². The largest absolute Gasteiger partial charge is 0.491 e. The number of rotatable bonds is 4. The summed E-state index contributed by atoms with van der Waals surface area (Å²) in [5.41, 5.74) is 0.0762. The number of carboxylic acids is 1.